The molecule has 144 valence electrons. The molecule has 0 amide bonds. The van der Waals surface area contributed by atoms with Crippen LogP contribution in [0.5, 0.6) is 0 Å². The summed E-state index contributed by atoms with van der Waals surface area (Å²) in [7, 11) is 1.88. The number of guanidine groups is 1. The van der Waals surface area contributed by atoms with Gasteiger partial charge in [-0.2, -0.15) is 0 Å². The second kappa shape index (κ2) is 9.40. The highest BCUT2D eigenvalue weighted by Crippen LogP contribution is 2.42. The third kappa shape index (κ3) is 5.23. The van der Waals surface area contributed by atoms with Crippen molar-refractivity contribution in [1.82, 2.24) is 15.5 Å². The van der Waals surface area contributed by atoms with E-state index in [1.54, 1.807) is 0 Å². The molecule has 26 heavy (non-hydrogen) atoms. The lowest BCUT2D eigenvalue weighted by Crippen LogP contribution is -2.47. The van der Waals surface area contributed by atoms with E-state index in [0.29, 0.717) is 5.41 Å². The van der Waals surface area contributed by atoms with E-state index in [1.807, 2.05) is 7.05 Å². The van der Waals surface area contributed by atoms with E-state index in [0.717, 1.165) is 31.4 Å². The molecule has 0 spiro atoms. The topological polar surface area (TPSA) is 39.7 Å². The normalized spacial score (nSPS) is 22.8. The highest BCUT2D eigenvalue weighted by Gasteiger charge is 2.35. The summed E-state index contributed by atoms with van der Waals surface area (Å²) in [5.74, 6) is 1.71. The fourth-order valence-corrected chi connectivity index (χ4v) is 4.28. The lowest BCUT2D eigenvalue weighted by atomic mass is 9.67. The molecule has 4 heteroatoms. The Labute approximate surface area is 159 Å². The second-order valence-corrected chi connectivity index (χ2v) is 8.20. The molecule has 1 aromatic rings. The van der Waals surface area contributed by atoms with E-state index in [4.69, 9.17) is 0 Å². The fourth-order valence-electron chi connectivity index (χ4n) is 4.28. The van der Waals surface area contributed by atoms with Crippen molar-refractivity contribution in [1.29, 1.82) is 0 Å². The van der Waals surface area contributed by atoms with Crippen molar-refractivity contribution in [3.63, 3.8) is 0 Å². The predicted molar refractivity (Wildman–Crippen MR) is 111 cm³/mol. The molecule has 1 saturated carbocycles. The molecule has 1 aliphatic heterocycles. The molecule has 4 nitrogen and oxygen atoms in total. The van der Waals surface area contributed by atoms with Crippen LogP contribution >= 0.6 is 0 Å². The van der Waals surface area contributed by atoms with Crippen molar-refractivity contribution < 1.29 is 0 Å². The van der Waals surface area contributed by atoms with Crippen LogP contribution in [-0.2, 0) is 6.42 Å². The van der Waals surface area contributed by atoms with Gasteiger partial charge in [-0.1, -0.05) is 43.7 Å². The average Bonchev–Trinajstić information content (AvgIpc) is 3.10. The van der Waals surface area contributed by atoms with Crippen molar-refractivity contribution in [3.05, 3.63) is 35.9 Å². The van der Waals surface area contributed by atoms with Gasteiger partial charge in [0.25, 0.3) is 0 Å². The van der Waals surface area contributed by atoms with Gasteiger partial charge in [0.05, 0.1) is 0 Å². The molecule has 0 radical (unpaired) electrons. The van der Waals surface area contributed by atoms with E-state index >= 15 is 0 Å². The Bertz CT molecular complexity index is 559. The Morgan fingerprint density at radius 2 is 2.04 bits per heavy atom. The van der Waals surface area contributed by atoms with Crippen LogP contribution in [0, 0.1) is 11.3 Å². The summed E-state index contributed by atoms with van der Waals surface area (Å²) in [5.41, 5.74) is 1.97. The number of benzene rings is 1. The minimum atomic E-state index is 0.527. The fraction of sp³-hybridized carbons (Fsp3) is 0.682. The molecular weight excluding hydrogens is 320 g/mol. The third-order valence-electron chi connectivity index (χ3n) is 6.51. The Kier molecular flexibility index (Phi) is 6.95. The van der Waals surface area contributed by atoms with Gasteiger partial charge in [0.2, 0.25) is 0 Å². The predicted octanol–water partition coefficient (Wildman–Crippen LogP) is 3.30. The third-order valence-corrected chi connectivity index (χ3v) is 6.51. The Morgan fingerprint density at radius 1 is 1.23 bits per heavy atom. The molecule has 2 fully saturated rings. The van der Waals surface area contributed by atoms with Crippen LogP contribution in [0.2, 0.25) is 0 Å². The largest absolute Gasteiger partial charge is 0.356 e. The summed E-state index contributed by atoms with van der Waals surface area (Å²) in [6, 6.07) is 10.8. The SMILES string of the molecule is CCC1(CNC(=NC)NCC2CCN(CCc3ccccc3)C2)CCC1. The average molecular weight is 357 g/mol. The van der Waals surface area contributed by atoms with Gasteiger partial charge in [-0.3, -0.25) is 4.99 Å². The monoisotopic (exact) mass is 356 g/mol. The maximum absolute atomic E-state index is 4.42. The number of nitrogens with zero attached hydrogens (tertiary/aromatic N) is 2. The quantitative estimate of drug-likeness (QED) is 0.555. The lowest BCUT2D eigenvalue weighted by Gasteiger charge is -2.41. The van der Waals surface area contributed by atoms with E-state index < -0.39 is 0 Å². The Balaban J connectivity index is 1.34. The number of hydrogen-bond acceptors (Lipinski definition) is 2. The summed E-state index contributed by atoms with van der Waals surface area (Å²) in [4.78, 5) is 7.03. The first-order chi connectivity index (χ1) is 12.7. The van der Waals surface area contributed by atoms with Gasteiger partial charge in [-0.15, -0.1) is 0 Å². The van der Waals surface area contributed by atoms with Crippen LogP contribution in [0.1, 0.15) is 44.6 Å². The van der Waals surface area contributed by atoms with Gasteiger partial charge >= 0.3 is 0 Å². The van der Waals surface area contributed by atoms with Gasteiger partial charge in [0, 0.05) is 33.2 Å². The number of rotatable bonds is 8. The number of hydrogen-bond donors (Lipinski definition) is 2. The molecule has 0 bridgehead atoms. The highest BCUT2D eigenvalue weighted by molar-refractivity contribution is 5.79. The molecular formula is C22H36N4. The molecule has 0 aromatic heterocycles. The van der Waals surface area contributed by atoms with Crippen molar-refractivity contribution in [2.75, 3.05) is 39.8 Å². The van der Waals surface area contributed by atoms with E-state index in [1.165, 1.54) is 57.3 Å². The summed E-state index contributed by atoms with van der Waals surface area (Å²) in [5, 5.41) is 7.13. The molecule has 3 rings (SSSR count). The minimum Gasteiger partial charge on any atom is -0.356 e. The van der Waals surface area contributed by atoms with Gasteiger partial charge in [-0.05, 0) is 55.5 Å². The molecule has 2 N–H and O–H groups in total. The van der Waals surface area contributed by atoms with Crippen molar-refractivity contribution in [2.24, 2.45) is 16.3 Å². The molecule has 1 aromatic carbocycles. The first-order valence-corrected chi connectivity index (χ1v) is 10.4. The van der Waals surface area contributed by atoms with Gasteiger partial charge < -0.3 is 15.5 Å². The summed E-state index contributed by atoms with van der Waals surface area (Å²) in [6.45, 7) is 8.02. The van der Waals surface area contributed by atoms with E-state index in [2.05, 4.69) is 57.8 Å². The zero-order valence-corrected chi connectivity index (χ0v) is 16.6. The van der Waals surface area contributed by atoms with Gasteiger partial charge in [0.1, 0.15) is 0 Å². The minimum absolute atomic E-state index is 0.527. The molecule has 1 aliphatic carbocycles. The maximum Gasteiger partial charge on any atom is 0.191 e. The summed E-state index contributed by atoms with van der Waals surface area (Å²) in [6.07, 6.45) is 7.85. The Morgan fingerprint density at radius 3 is 2.69 bits per heavy atom. The molecule has 2 aliphatic rings. The maximum atomic E-state index is 4.42. The molecule has 1 atom stereocenters. The Hall–Kier alpha value is -1.55. The van der Waals surface area contributed by atoms with Crippen molar-refractivity contribution >= 4 is 5.96 Å². The first-order valence-electron chi connectivity index (χ1n) is 10.4. The second-order valence-electron chi connectivity index (χ2n) is 8.20. The zero-order valence-electron chi connectivity index (χ0n) is 16.6. The van der Waals surface area contributed by atoms with Crippen LogP contribution in [0.3, 0.4) is 0 Å². The number of aliphatic imine (C=N–C) groups is 1. The molecule has 1 unspecified atom stereocenters. The van der Waals surface area contributed by atoms with Crippen LogP contribution in [0.25, 0.3) is 0 Å². The zero-order chi connectivity index (χ0) is 18.2. The van der Waals surface area contributed by atoms with Crippen LogP contribution in [0.4, 0.5) is 0 Å². The van der Waals surface area contributed by atoms with Crippen LogP contribution < -0.4 is 10.6 Å². The number of likely N-dealkylation sites (tertiary alicyclic amines) is 1. The first kappa shape index (κ1) is 19.2. The number of nitrogens with one attached hydrogen (secondary N) is 2. The smallest absolute Gasteiger partial charge is 0.191 e. The standard InChI is InChI=1S/C22H36N4/c1-3-22(12-7-13-22)18-25-21(23-2)24-16-20-11-15-26(17-20)14-10-19-8-5-4-6-9-19/h4-6,8-9,20H,3,7,10-18H2,1-2H3,(H2,23,24,25). The summed E-state index contributed by atoms with van der Waals surface area (Å²) >= 11 is 0. The van der Waals surface area contributed by atoms with Crippen LogP contribution in [0.15, 0.2) is 35.3 Å². The van der Waals surface area contributed by atoms with Crippen molar-refractivity contribution in [2.45, 2.75) is 45.4 Å². The molecule has 1 saturated heterocycles. The lowest BCUT2D eigenvalue weighted by molar-refractivity contribution is 0.131. The van der Waals surface area contributed by atoms with Gasteiger partial charge in [0.15, 0.2) is 5.96 Å². The summed E-state index contributed by atoms with van der Waals surface area (Å²) < 4.78 is 0. The van der Waals surface area contributed by atoms with Crippen LogP contribution in [-0.4, -0.2) is 50.6 Å². The van der Waals surface area contributed by atoms with E-state index in [9.17, 15) is 0 Å². The van der Waals surface area contributed by atoms with Gasteiger partial charge in [-0.25, -0.2) is 0 Å². The molecule has 1 heterocycles. The van der Waals surface area contributed by atoms with E-state index in [-0.39, 0.29) is 0 Å². The highest BCUT2D eigenvalue weighted by atomic mass is 15.2. The van der Waals surface area contributed by atoms with Crippen molar-refractivity contribution in [3.8, 4) is 0 Å².